The normalized spacial score (nSPS) is 11.6. The summed E-state index contributed by atoms with van der Waals surface area (Å²) in [6.07, 6.45) is 2.66. The van der Waals surface area contributed by atoms with Crippen molar-refractivity contribution in [2.45, 2.75) is 24.7 Å². The van der Waals surface area contributed by atoms with E-state index in [9.17, 15) is 8.42 Å². The largest absolute Gasteiger partial charge is 0.481 e. The Hall–Kier alpha value is -2.94. The Morgan fingerprint density at radius 2 is 1.93 bits per heavy atom. The number of aromatic nitrogens is 4. The Balaban J connectivity index is 2.05. The zero-order valence-corrected chi connectivity index (χ0v) is 16.4. The van der Waals surface area contributed by atoms with E-state index in [4.69, 9.17) is 4.74 Å². The van der Waals surface area contributed by atoms with Crippen molar-refractivity contribution < 1.29 is 13.2 Å². The summed E-state index contributed by atoms with van der Waals surface area (Å²) < 4.78 is 34.1. The van der Waals surface area contributed by atoms with Crippen LogP contribution in [-0.2, 0) is 17.1 Å². The van der Waals surface area contributed by atoms with Crippen molar-refractivity contribution in [2.75, 3.05) is 11.8 Å². The number of hydrogen-bond acceptors (Lipinski definition) is 6. The van der Waals surface area contributed by atoms with Crippen LogP contribution < -0.4 is 9.46 Å². The molecule has 8 nitrogen and oxygen atoms in total. The minimum Gasteiger partial charge on any atom is -0.481 e. The molecule has 0 saturated heterocycles. The third-order valence-electron chi connectivity index (χ3n) is 3.99. The number of nitrogens with one attached hydrogen (secondary N) is 1. The van der Waals surface area contributed by atoms with E-state index < -0.39 is 10.0 Å². The van der Waals surface area contributed by atoms with Gasteiger partial charge in [-0.05, 0) is 11.5 Å². The lowest BCUT2D eigenvalue weighted by Crippen LogP contribution is -2.15. The molecule has 2 aromatic heterocycles. The number of hydrogen-bond donors (Lipinski definition) is 1. The van der Waals surface area contributed by atoms with E-state index in [1.54, 1.807) is 13.1 Å². The van der Waals surface area contributed by atoms with Crippen LogP contribution in [0.5, 0.6) is 5.88 Å². The molecule has 1 N–H and O–H groups in total. The number of rotatable bonds is 6. The summed E-state index contributed by atoms with van der Waals surface area (Å²) in [7, 11) is -0.744. The average Bonchev–Trinajstić information content (AvgIpc) is 3.08. The fraction of sp³-hybridized carbons (Fsp3) is 0.278. The van der Waals surface area contributed by atoms with Gasteiger partial charge in [0.15, 0.2) is 0 Å². The van der Waals surface area contributed by atoms with E-state index in [1.807, 2.05) is 24.3 Å². The highest BCUT2D eigenvalue weighted by molar-refractivity contribution is 7.92. The molecule has 0 radical (unpaired) electrons. The van der Waals surface area contributed by atoms with Gasteiger partial charge in [0, 0.05) is 24.9 Å². The molecule has 0 aliphatic carbocycles. The predicted octanol–water partition coefficient (Wildman–Crippen LogP) is 2.81. The van der Waals surface area contributed by atoms with Gasteiger partial charge in [-0.15, -0.1) is 0 Å². The minimum absolute atomic E-state index is 0.0283. The Bertz CT molecular complexity index is 1060. The van der Waals surface area contributed by atoms with Crippen LogP contribution >= 0.6 is 0 Å². The molecule has 0 saturated carbocycles. The smallest absolute Gasteiger partial charge is 0.267 e. The van der Waals surface area contributed by atoms with E-state index in [1.165, 1.54) is 24.2 Å². The van der Waals surface area contributed by atoms with Gasteiger partial charge < -0.3 is 4.74 Å². The molecule has 142 valence electrons. The topological polar surface area (TPSA) is 99.0 Å². The lowest BCUT2D eigenvalue weighted by atomic mass is 9.95. The van der Waals surface area contributed by atoms with Gasteiger partial charge in [-0.2, -0.15) is 10.1 Å². The van der Waals surface area contributed by atoms with E-state index in [-0.39, 0.29) is 22.6 Å². The summed E-state index contributed by atoms with van der Waals surface area (Å²) in [4.78, 5) is 8.55. The number of benzene rings is 1. The van der Waals surface area contributed by atoms with Gasteiger partial charge in [-0.3, -0.25) is 4.68 Å². The number of ether oxygens (including phenoxy) is 1. The molecule has 0 fully saturated rings. The maximum atomic E-state index is 12.6. The summed E-state index contributed by atoms with van der Waals surface area (Å²) in [6, 6.07) is 9.52. The second kappa shape index (κ2) is 7.36. The SMILES string of the molecule is COc1cc(-c2ccccc2C(C)C)nc(NS(=O)(=O)c2cnn(C)c2)n1. The molecule has 3 rings (SSSR count). The van der Waals surface area contributed by atoms with Gasteiger partial charge in [-0.25, -0.2) is 18.1 Å². The number of anilines is 1. The quantitative estimate of drug-likeness (QED) is 0.698. The number of sulfonamides is 1. The van der Waals surface area contributed by atoms with Crippen molar-refractivity contribution in [1.82, 2.24) is 19.7 Å². The molecule has 0 amide bonds. The van der Waals surface area contributed by atoms with Crippen molar-refractivity contribution in [1.29, 1.82) is 0 Å². The molecule has 0 bridgehead atoms. The first-order valence-corrected chi connectivity index (χ1v) is 9.82. The second-order valence-electron chi connectivity index (χ2n) is 6.32. The summed E-state index contributed by atoms with van der Waals surface area (Å²) >= 11 is 0. The molecule has 0 atom stereocenters. The van der Waals surface area contributed by atoms with Crippen LogP contribution in [0.25, 0.3) is 11.3 Å². The third-order valence-corrected chi connectivity index (χ3v) is 5.27. The summed E-state index contributed by atoms with van der Waals surface area (Å²) in [5, 5.41) is 3.89. The maximum Gasteiger partial charge on any atom is 0.267 e. The Labute approximate surface area is 158 Å². The van der Waals surface area contributed by atoms with Crippen molar-refractivity contribution in [3.05, 3.63) is 48.3 Å². The van der Waals surface area contributed by atoms with Gasteiger partial charge in [0.05, 0.1) is 19.0 Å². The van der Waals surface area contributed by atoms with Gasteiger partial charge in [0.1, 0.15) is 4.90 Å². The van der Waals surface area contributed by atoms with Gasteiger partial charge in [-0.1, -0.05) is 38.1 Å². The van der Waals surface area contributed by atoms with Crippen LogP contribution in [0.2, 0.25) is 0 Å². The standard InChI is InChI=1S/C18H21N5O3S/c1-12(2)14-7-5-6-8-15(14)16-9-17(26-4)21-18(20-16)22-27(24,25)13-10-19-23(3)11-13/h5-12H,1-4H3,(H,20,21,22). The van der Waals surface area contributed by atoms with Crippen LogP contribution in [-0.4, -0.2) is 35.3 Å². The van der Waals surface area contributed by atoms with E-state index in [0.717, 1.165) is 11.1 Å². The van der Waals surface area contributed by atoms with E-state index >= 15 is 0 Å². The highest BCUT2D eigenvalue weighted by atomic mass is 32.2. The monoisotopic (exact) mass is 387 g/mol. The lowest BCUT2D eigenvalue weighted by Gasteiger charge is -2.14. The third kappa shape index (κ3) is 4.08. The second-order valence-corrected chi connectivity index (χ2v) is 8.00. The Kier molecular flexibility index (Phi) is 5.13. The van der Waals surface area contributed by atoms with Crippen molar-refractivity contribution >= 4 is 16.0 Å². The lowest BCUT2D eigenvalue weighted by molar-refractivity contribution is 0.398. The molecule has 0 aliphatic heterocycles. The molecule has 0 spiro atoms. The first-order chi connectivity index (χ1) is 12.8. The zero-order valence-electron chi connectivity index (χ0n) is 15.5. The molecule has 27 heavy (non-hydrogen) atoms. The van der Waals surface area contributed by atoms with Gasteiger partial charge in [0.2, 0.25) is 11.8 Å². The molecule has 0 unspecified atom stereocenters. The van der Waals surface area contributed by atoms with Crippen molar-refractivity contribution in [3.63, 3.8) is 0 Å². The highest BCUT2D eigenvalue weighted by Gasteiger charge is 2.20. The molecule has 0 aliphatic rings. The predicted molar refractivity (Wildman–Crippen MR) is 102 cm³/mol. The number of nitrogens with zero attached hydrogens (tertiary/aromatic N) is 4. The summed E-state index contributed by atoms with van der Waals surface area (Å²) in [5.74, 6) is 0.479. The Morgan fingerprint density at radius 3 is 2.56 bits per heavy atom. The molecule has 9 heteroatoms. The van der Waals surface area contributed by atoms with Crippen molar-refractivity contribution in [2.24, 2.45) is 7.05 Å². The van der Waals surface area contributed by atoms with Crippen LogP contribution in [0.3, 0.4) is 0 Å². The molecular formula is C18H21N5O3S. The zero-order chi connectivity index (χ0) is 19.6. The van der Waals surface area contributed by atoms with E-state index in [0.29, 0.717) is 5.69 Å². The van der Waals surface area contributed by atoms with Gasteiger partial charge >= 0.3 is 0 Å². The fourth-order valence-corrected chi connectivity index (χ4v) is 3.59. The van der Waals surface area contributed by atoms with Gasteiger partial charge in [0.25, 0.3) is 10.0 Å². The van der Waals surface area contributed by atoms with E-state index in [2.05, 4.69) is 33.6 Å². The summed E-state index contributed by atoms with van der Waals surface area (Å²) in [5.41, 5.74) is 2.57. The highest BCUT2D eigenvalue weighted by Crippen LogP contribution is 2.30. The number of aryl methyl sites for hydroxylation is 1. The Morgan fingerprint density at radius 1 is 1.19 bits per heavy atom. The van der Waals surface area contributed by atoms with Crippen LogP contribution in [0.1, 0.15) is 25.3 Å². The molecule has 3 aromatic rings. The van der Waals surface area contributed by atoms with Crippen molar-refractivity contribution in [3.8, 4) is 17.1 Å². The molecular weight excluding hydrogens is 366 g/mol. The summed E-state index contributed by atoms with van der Waals surface area (Å²) in [6.45, 7) is 4.17. The number of methoxy groups -OCH3 is 1. The average molecular weight is 387 g/mol. The van der Waals surface area contributed by atoms with Crippen LogP contribution in [0.15, 0.2) is 47.6 Å². The minimum atomic E-state index is -3.86. The molecule has 2 heterocycles. The first kappa shape index (κ1) is 18.8. The maximum absolute atomic E-state index is 12.6. The first-order valence-electron chi connectivity index (χ1n) is 8.34. The van der Waals surface area contributed by atoms with Crippen LogP contribution in [0.4, 0.5) is 5.95 Å². The van der Waals surface area contributed by atoms with Crippen LogP contribution in [0, 0.1) is 0 Å². The fourth-order valence-electron chi connectivity index (χ4n) is 2.66. The molecule has 1 aromatic carbocycles.